The molecule has 1 fully saturated rings. The number of sulfone groups is 1. The molecule has 7 heteroatoms. The zero-order valence-electron chi connectivity index (χ0n) is 14.5. The van der Waals surface area contributed by atoms with Crippen molar-refractivity contribution in [2.24, 2.45) is 0 Å². The Balaban J connectivity index is 1.84. The van der Waals surface area contributed by atoms with Crippen LogP contribution in [0.15, 0.2) is 42.5 Å². The smallest absolute Gasteiger partial charge is 0.163 e. The molecule has 0 aromatic heterocycles. The molecule has 1 aliphatic heterocycles. The van der Waals surface area contributed by atoms with Gasteiger partial charge in [0.25, 0.3) is 0 Å². The zero-order valence-corrected chi connectivity index (χ0v) is 15.3. The molecule has 140 valence electrons. The fourth-order valence-electron chi connectivity index (χ4n) is 3.23. The Hall–Kier alpha value is -1.99. The number of hydrogen-bond acceptors (Lipinski definition) is 4. The number of rotatable bonds is 6. The molecule has 0 spiro atoms. The molecule has 3 rings (SSSR count). The van der Waals surface area contributed by atoms with E-state index in [9.17, 15) is 17.2 Å². The molecule has 0 N–H and O–H groups in total. The van der Waals surface area contributed by atoms with E-state index in [2.05, 4.69) is 0 Å². The maximum Gasteiger partial charge on any atom is 0.163 e. The number of nitrogens with zero attached hydrogens (tertiary/aromatic N) is 1. The second-order valence-corrected chi connectivity index (χ2v) is 8.75. The molecule has 0 bridgehead atoms. The Labute approximate surface area is 152 Å². The van der Waals surface area contributed by atoms with Gasteiger partial charge in [0, 0.05) is 24.7 Å². The van der Waals surface area contributed by atoms with Crippen molar-refractivity contribution in [3.8, 4) is 5.75 Å². The molecule has 0 saturated carbocycles. The number of methoxy groups -OCH3 is 1. The Bertz CT molecular complexity index is 869. The van der Waals surface area contributed by atoms with Crippen molar-refractivity contribution in [1.82, 2.24) is 4.90 Å². The van der Waals surface area contributed by atoms with Crippen LogP contribution in [0.2, 0.25) is 0 Å². The van der Waals surface area contributed by atoms with Crippen LogP contribution in [0.3, 0.4) is 0 Å². The van der Waals surface area contributed by atoms with E-state index in [1.165, 1.54) is 12.1 Å². The van der Waals surface area contributed by atoms with Crippen LogP contribution in [-0.2, 0) is 22.9 Å². The molecular weight excluding hydrogens is 360 g/mol. The average molecular weight is 381 g/mol. The van der Waals surface area contributed by atoms with Crippen LogP contribution >= 0.6 is 0 Å². The molecule has 0 aliphatic carbocycles. The predicted octanol–water partition coefficient (Wildman–Crippen LogP) is 3.16. The number of hydrogen-bond donors (Lipinski definition) is 0. The molecule has 1 heterocycles. The quantitative estimate of drug-likeness (QED) is 0.771. The summed E-state index contributed by atoms with van der Waals surface area (Å²) in [4.78, 5) is 1.91. The molecule has 1 saturated heterocycles. The van der Waals surface area contributed by atoms with Gasteiger partial charge in [0.1, 0.15) is 5.75 Å². The number of halogens is 2. The molecule has 4 nitrogen and oxygen atoms in total. The minimum atomic E-state index is -3.08. The maximum absolute atomic E-state index is 14.1. The highest BCUT2D eigenvalue weighted by atomic mass is 32.2. The van der Waals surface area contributed by atoms with Crippen LogP contribution in [0.1, 0.15) is 17.5 Å². The summed E-state index contributed by atoms with van der Waals surface area (Å²) in [5, 5.41) is 0. The van der Waals surface area contributed by atoms with E-state index >= 15 is 0 Å². The number of benzene rings is 2. The van der Waals surface area contributed by atoms with E-state index in [-0.39, 0.29) is 29.7 Å². The van der Waals surface area contributed by atoms with Crippen LogP contribution in [0.5, 0.6) is 5.75 Å². The van der Waals surface area contributed by atoms with E-state index in [0.717, 1.165) is 17.4 Å². The molecule has 26 heavy (non-hydrogen) atoms. The fraction of sp³-hybridized carbons (Fsp3) is 0.368. The minimum absolute atomic E-state index is 0.0418. The normalized spacial score (nSPS) is 19.0. The summed E-state index contributed by atoms with van der Waals surface area (Å²) in [5.74, 6) is -0.887. The fourth-order valence-corrected chi connectivity index (χ4v) is 4.99. The third-order valence-corrected chi connectivity index (χ3v) is 6.42. The van der Waals surface area contributed by atoms with E-state index in [4.69, 9.17) is 4.74 Å². The van der Waals surface area contributed by atoms with Gasteiger partial charge in [0.05, 0.1) is 18.6 Å². The summed E-state index contributed by atoms with van der Waals surface area (Å²) < 4.78 is 56.5. The Morgan fingerprint density at radius 1 is 1.12 bits per heavy atom. The van der Waals surface area contributed by atoms with Crippen molar-refractivity contribution in [1.29, 1.82) is 0 Å². The lowest BCUT2D eigenvalue weighted by molar-refractivity contribution is 0.191. The zero-order chi connectivity index (χ0) is 18.7. The standard InChI is InChI=1S/C19H21F2NO3S/c1-25-17-7-5-14(6-8-17)11-22(16-9-10-26(23,24)13-16)12-15-3-2-4-18(20)19(15)21/h2-8,16H,9-13H2,1H3. The van der Waals surface area contributed by atoms with Crippen LogP contribution < -0.4 is 4.74 Å². The third kappa shape index (κ3) is 4.40. The molecule has 1 atom stereocenters. The van der Waals surface area contributed by atoms with Gasteiger partial charge in [-0.05, 0) is 30.2 Å². The summed E-state index contributed by atoms with van der Waals surface area (Å²) in [6, 6.07) is 11.3. The van der Waals surface area contributed by atoms with Gasteiger partial charge in [-0.25, -0.2) is 17.2 Å². The van der Waals surface area contributed by atoms with Gasteiger partial charge in [-0.1, -0.05) is 24.3 Å². The van der Waals surface area contributed by atoms with Gasteiger partial charge in [0.2, 0.25) is 0 Å². The Morgan fingerprint density at radius 2 is 1.85 bits per heavy atom. The minimum Gasteiger partial charge on any atom is -0.497 e. The Morgan fingerprint density at radius 3 is 2.46 bits per heavy atom. The van der Waals surface area contributed by atoms with Crippen LogP contribution in [-0.4, -0.2) is 38.0 Å². The summed E-state index contributed by atoms with van der Waals surface area (Å²) in [5.41, 5.74) is 1.18. The first kappa shape index (κ1) is 18.8. The largest absolute Gasteiger partial charge is 0.497 e. The lowest BCUT2D eigenvalue weighted by atomic mass is 10.1. The molecule has 0 amide bonds. The van der Waals surface area contributed by atoms with Crippen LogP contribution in [0.25, 0.3) is 0 Å². The lowest BCUT2D eigenvalue weighted by Crippen LogP contribution is -2.35. The highest BCUT2D eigenvalue weighted by Gasteiger charge is 2.32. The lowest BCUT2D eigenvalue weighted by Gasteiger charge is -2.28. The molecule has 1 aliphatic rings. The molecule has 2 aromatic rings. The van der Waals surface area contributed by atoms with Gasteiger partial charge in [0.15, 0.2) is 21.5 Å². The summed E-state index contributed by atoms with van der Waals surface area (Å²) in [6.45, 7) is 0.593. The summed E-state index contributed by atoms with van der Waals surface area (Å²) in [7, 11) is -1.50. The number of ether oxygens (including phenoxy) is 1. The second kappa shape index (κ2) is 7.72. The van der Waals surface area contributed by atoms with Crippen molar-refractivity contribution >= 4 is 9.84 Å². The van der Waals surface area contributed by atoms with Gasteiger partial charge >= 0.3 is 0 Å². The van der Waals surface area contributed by atoms with E-state index < -0.39 is 21.5 Å². The molecule has 2 aromatic carbocycles. The van der Waals surface area contributed by atoms with Crippen molar-refractivity contribution in [3.05, 3.63) is 65.2 Å². The van der Waals surface area contributed by atoms with Gasteiger partial charge in [-0.3, -0.25) is 4.90 Å². The van der Waals surface area contributed by atoms with Gasteiger partial charge < -0.3 is 4.74 Å². The van der Waals surface area contributed by atoms with Crippen LogP contribution in [0.4, 0.5) is 8.78 Å². The van der Waals surface area contributed by atoms with Crippen molar-refractivity contribution in [2.45, 2.75) is 25.6 Å². The molecule has 1 unspecified atom stereocenters. The van der Waals surface area contributed by atoms with Crippen molar-refractivity contribution in [2.75, 3.05) is 18.6 Å². The van der Waals surface area contributed by atoms with Crippen molar-refractivity contribution < 1.29 is 21.9 Å². The van der Waals surface area contributed by atoms with Crippen LogP contribution in [0, 0.1) is 11.6 Å². The van der Waals surface area contributed by atoms with Gasteiger partial charge in [-0.2, -0.15) is 0 Å². The van der Waals surface area contributed by atoms with Crippen molar-refractivity contribution in [3.63, 3.8) is 0 Å². The van der Waals surface area contributed by atoms with E-state index in [1.54, 1.807) is 7.11 Å². The topological polar surface area (TPSA) is 46.6 Å². The molecular formula is C19H21F2NO3S. The Kier molecular flexibility index (Phi) is 5.58. The SMILES string of the molecule is COc1ccc(CN(Cc2cccc(F)c2F)C2CCS(=O)(=O)C2)cc1. The summed E-state index contributed by atoms with van der Waals surface area (Å²) >= 11 is 0. The molecule has 0 radical (unpaired) electrons. The monoisotopic (exact) mass is 381 g/mol. The van der Waals surface area contributed by atoms with Gasteiger partial charge in [-0.15, -0.1) is 0 Å². The maximum atomic E-state index is 14.1. The first-order valence-electron chi connectivity index (χ1n) is 8.38. The predicted molar refractivity (Wildman–Crippen MR) is 95.7 cm³/mol. The first-order chi connectivity index (χ1) is 12.4. The summed E-state index contributed by atoms with van der Waals surface area (Å²) in [6.07, 6.45) is 0.495. The third-order valence-electron chi connectivity index (χ3n) is 4.67. The highest BCUT2D eigenvalue weighted by molar-refractivity contribution is 7.91. The second-order valence-electron chi connectivity index (χ2n) is 6.52. The average Bonchev–Trinajstić information content (AvgIpc) is 2.99. The van der Waals surface area contributed by atoms with E-state index in [1.807, 2.05) is 29.2 Å². The highest BCUT2D eigenvalue weighted by Crippen LogP contribution is 2.24. The van der Waals surface area contributed by atoms with E-state index in [0.29, 0.717) is 13.0 Å². The first-order valence-corrected chi connectivity index (χ1v) is 10.2.